The maximum atomic E-state index is 10.5. The van der Waals surface area contributed by atoms with Crippen molar-refractivity contribution in [3.63, 3.8) is 0 Å². The normalized spacial score (nSPS) is 8.09. The minimum Gasteiger partial charge on any atom is -0.661 e. The molecule has 0 amide bonds. The molecule has 0 heterocycles. The number of benzene rings is 1. The maximum Gasteiger partial charge on any atom is 1.00 e. The predicted octanol–water partition coefficient (Wildman–Crippen LogP) is 0.116. The Kier molecular flexibility index (Phi) is 5.07. The molecule has 1 aromatic carbocycles. The fourth-order valence-corrected chi connectivity index (χ4v) is 0.622. The summed E-state index contributed by atoms with van der Waals surface area (Å²) in [6.45, 7) is 0. The van der Waals surface area contributed by atoms with Crippen molar-refractivity contribution in [2.24, 2.45) is 0 Å². The second kappa shape index (κ2) is 5.26. The van der Waals surface area contributed by atoms with E-state index in [9.17, 15) is 10.1 Å². The maximum absolute atomic E-state index is 10.5. The van der Waals surface area contributed by atoms with Gasteiger partial charge in [-0.3, -0.25) is 0 Å². The van der Waals surface area contributed by atoms with Crippen LogP contribution in [-0.2, 0) is 32.6 Å². The molecule has 0 fully saturated rings. The largest absolute Gasteiger partial charge is 1.00 e. The molecule has 0 spiro atoms. The Bertz CT molecular complexity index is 222. The second-order valence-corrected chi connectivity index (χ2v) is 1.74. The monoisotopic (exact) mass is 339 g/mol. The summed E-state index contributed by atoms with van der Waals surface area (Å²) in [5, 5.41) is 9.58. The van der Waals surface area contributed by atoms with Gasteiger partial charge >= 0.3 is 33.6 Å². The smallest absolute Gasteiger partial charge is 0.661 e. The molecule has 0 saturated heterocycles. The zero-order valence-electron chi connectivity index (χ0n) is 5.82. The van der Waals surface area contributed by atoms with Gasteiger partial charge in [0.15, 0.2) is 0 Å². The van der Waals surface area contributed by atoms with Gasteiger partial charge in [-0.15, -0.1) is 0 Å². The number of hydrogen-bond acceptors (Lipinski definition) is 3. The average Bonchev–Trinajstić information content (AvgIpc) is 2.05. The van der Waals surface area contributed by atoms with Crippen LogP contribution in [0.3, 0.4) is 0 Å². The molecule has 11 heavy (non-hydrogen) atoms. The minimum atomic E-state index is -0.847. The fourth-order valence-electron chi connectivity index (χ4n) is 0.622. The zero-order valence-corrected chi connectivity index (χ0v) is 11.3. The number of rotatable bonds is 1. The van der Waals surface area contributed by atoms with Crippen LogP contribution in [0.4, 0.5) is 0 Å². The van der Waals surface area contributed by atoms with Gasteiger partial charge in [-0.05, 0) is 12.1 Å². The van der Waals surface area contributed by atoms with Crippen LogP contribution in [0.25, 0.3) is 0 Å². The van der Waals surface area contributed by atoms with Crippen molar-refractivity contribution >= 4 is 5.97 Å². The van der Waals surface area contributed by atoms with E-state index in [0.29, 0.717) is 0 Å². The summed E-state index contributed by atoms with van der Waals surface area (Å²) >= 11 is 0. The summed E-state index contributed by atoms with van der Waals surface area (Å²) in [5.74, 6) is -0.847. The van der Waals surface area contributed by atoms with Gasteiger partial charge in [0.05, 0.1) is 5.56 Å². The summed E-state index contributed by atoms with van der Waals surface area (Å²) < 4.78 is 0. The third kappa shape index (κ3) is 2.99. The van der Waals surface area contributed by atoms with E-state index < -0.39 is 5.97 Å². The van der Waals surface area contributed by atoms with E-state index in [-0.39, 0.29) is 33.2 Å². The van der Waals surface area contributed by atoms with Crippen molar-refractivity contribution in [3.8, 4) is 0 Å². The third-order valence-corrected chi connectivity index (χ3v) is 1.09. The summed E-state index contributed by atoms with van der Waals surface area (Å²) in [4.78, 5) is 13.7. The quantitative estimate of drug-likeness (QED) is 0.415. The number of carbonyl (C=O) groups excluding carboxylic acids is 1. The number of carbonyl (C=O) groups is 1. The van der Waals surface area contributed by atoms with Gasteiger partial charge in [0.2, 0.25) is 0 Å². The van der Waals surface area contributed by atoms with Crippen LogP contribution in [0.2, 0.25) is 0 Å². The summed E-state index contributed by atoms with van der Waals surface area (Å²) in [6.07, 6.45) is 0. The number of hydrogen-bond donors (Lipinski definition) is 0. The van der Waals surface area contributed by atoms with E-state index in [4.69, 9.17) is 0 Å². The van der Waals surface area contributed by atoms with Crippen LogP contribution < -0.4 is 5.26 Å². The van der Waals surface area contributed by atoms with Crippen LogP contribution in [0.15, 0.2) is 30.3 Å². The van der Waals surface area contributed by atoms with Crippen LogP contribution in [0.5, 0.6) is 0 Å². The zero-order chi connectivity index (χ0) is 7.40. The van der Waals surface area contributed by atoms with Crippen molar-refractivity contribution in [2.45, 2.75) is 0 Å². The standard InChI is InChI=1S/C7H6O3.Hg/c8-7(10-9)6-4-2-1-3-5-6;/h1-5,9H;/q;+1/p-1. The Balaban J connectivity index is 0.000001000. The Morgan fingerprint density at radius 1 is 1.27 bits per heavy atom. The van der Waals surface area contributed by atoms with Crippen molar-refractivity contribution in [3.05, 3.63) is 35.9 Å². The van der Waals surface area contributed by atoms with Gasteiger partial charge in [-0.25, -0.2) is 4.79 Å². The van der Waals surface area contributed by atoms with Gasteiger partial charge in [0.1, 0.15) is 0 Å². The summed E-state index contributed by atoms with van der Waals surface area (Å²) in [7, 11) is 0. The Hall–Kier alpha value is -0.415. The Morgan fingerprint density at radius 3 is 2.27 bits per heavy atom. The van der Waals surface area contributed by atoms with Crippen molar-refractivity contribution < 1.29 is 42.6 Å². The first-order valence-corrected chi connectivity index (χ1v) is 2.74. The van der Waals surface area contributed by atoms with Crippen LogP contribution in [0, 0.1) is 0 Å². The average molecular weight is 338 g/mol. The molecule has 0 saturated carbocycles. The fraction of sp³-hybridized carbons (Fsp3) is 0. The minimum absolute atomic E-state index is 0. The van der Waals surface area contributed by atoms with E-state index in [1.807, 2.05) is 0 Å². The molecule has 1 aromatic rings. The molecule has 0 aliphatic heterocycles. The molecule has 0 aromatic heterocycles. The van der Waals surface area contributed by atoms with Crippen molar-refractivity contribution in [1.29, 1.82) is 0 Å². The van der Waals surface area contributed by atoms with Crippen LogP contribution in [-0.4, -0.2) is 5.97 Å². The SMILES string of the molecule is O=C(O[O-])c1ccccc1.[Hg+]. The predicted molar refractivity (Wildman–Crippen MR) is 31.9 cm³/mol. The molecule has 4 heteroatoms. The van der Waals surface area contributed by atoms with E-state index in [0.717, 1.165) is 0 Å². The molecule has 3 nitrogen and oxygen atoms in total. The molecule has 0 bridgehead atoms. The topological polar surface area (TPSA) is 49.4 Å². The molecular weight excluding hydrogens is 333 g/mol. The van der Waals surface area contributed by atoms with Gasteiger partial charge in [-0.1, -0.05) is 18.2 Å². The molecule has 0 aliphatic carbocycles. The molecule has 0 N–H and O–H groups in total. The van der Waals surface area contributed by atoms with Gasteiger partial charge in [-0.2, -0.15) is 0 Å². The van der Waals surface area contributed by atoms with E-state index in [2.05, 4.69) is 4.89 Å². The Labute approximate surface area is 84.4 Å². The van der Waals surface area contributed by atoms with Crippen LogP contribution >= 0.6 is 0 Å². The first kappa shape index (κ1) is 10.6. The van der Waals surface area contributed by atoms with E-state index in [1.54, 1.807) is 18.2 Å². The third-order valence-electron chi connectivity index (χ3n) is 1.09. The first-order chi connectivity index (χ1) is 4.84. The summed E-state index contributed by atoms with van der Waals surface area (Å²) in [6, 6.07) is 8.10. The molecular formula is C7H5HgO3. The van der Waals surface area contributed by atoms with E-state index in [1.165, 1.54) is 12.1 Å². The van der Waals surface area contributed by atoms with Crippen molar-refractivity contribution in [1.82, 2.24) is 0 Å². The molecule has 1 radical (unpaired) electrons. The molecule has 1 rings (SSSR count). The van der Waals surface area contributed by atoms with E-state index >= 15 is 0 Å². The molecule has 0 unspecified atom stereocenters. The first-order valence-electron chi connectivity index (χ1n) is 2.74. The second-order valence-electron chi connectivity index (χ2n) is 1.74. The van der Waals surface area contributed by atoms with Crippen LogP contribution in [0.1, 0.15) is 10.4 Å². The summed E-state index contributed by atoms with van der Waals surface area (Å²) in [5.41, 5.74) is 0.275. The molecule has 0 aliphatic rings. The van der Waals surface area contributed by atoms with Gasteiger partial charge in [0, 0.05) is 0 Å². The van der Waals surface area contributed by atoms with Gasteiger partial charge < -0.3 is 10.1 Å². The molecule has 53 valence electrons. The Morgan fingerprint density at radius 2 is 1.82 bits per heavy atom. The van der Waals surface area contributed by atoms with Gasteiger partial charge in [0.25, 0.3) is 0 Å². The van der Waals surface area contributed by atoms with Crippen molar-refractivity contribution in [2.75, 3.05) is 0 Å². The molecule has 0 atom stereocenters.